The van der Waals surface area contributed by atoms with Crippen LogP contribution in [0.2, 0.25) is 0 Å². The van der Waals surface area contributed by atoms with Crippen LogP contribution in [0.3, 0.4) is 0 Å². The first-order valence-corrected chi connectivity index (χ1v) is 6.05. The average molecular weight is 239 g/mol. The second-order valence-electron chi connectivity index (χ2n) is 2.92. The number of carbonyl (C=O) groups is 1. The molecule has 0 heterocycles. The van der Waals surface area contributed by atoms with Gasteiger partial charge >= 0.3 is 0 Å². The first-order valence-electron chi connectivity index (χ1n) is 6.05. The van der Waals surface area contributed by atoms with Crippen LogP contribution in [0.5, 0.6) is 5.75 Å². The maximum absolute atomic E-state index is 10.8. The lowest BCUT2D eigenvalue weighted by molar-refractivity contribution is -0.114. The van der Waals surface area contributed by atoms with Crippen molar-refractivity contribution in [2.75, 3.05) is 12.4 Å². The summed E-state index contributed by atoms with van der Waals surface area (Å²) in [7, 11) is 1.60. The van der Waals surface area contributed by atoms with Gasteiger partial charge in [0.25, 0.3) is 0 Å². The van der Waals surface area contributed by atoms with E-state index in [1.807, 2.05) is 46.8 Å². The molecule has 1 aromatic carbocycles. The number of benzene rings is 1. The monoisotopic (exact) mass is 239 g/mol. The van der Waals surface area contributed by atoms with Gasteiger partial charge in [0, 0.05) is 18.7 Å². The molecule has 3 heteroatoms. The van der Waals surface area contributed by atoms with Crippen molar-refractivity contribution in [3.8, 4) is 5.75 Å². The third-order valence-corrected chi connectivity index (χ3v) is 1.61. The van der Waals surface area contributed by atoms with Gasteiger partial charge in [-0.15, -0.1) is 0 Å². The Labute approximate surface area is 105 Å². The zero-order valence-corrected chi connectivity index (χ0v) is 12.0. The molecule has 0 unspecified atom stereocenters. The van der Waals surface area contributed by atoms with Crippen LogP contribution >= 0.6 is 0 Å². The lowest BCUT2D eigenvalue weighted by Crippen LogP contribution is -2.05. The topological polar surface area (TPSA) is 38.3 Å². The molecule has 1 amide bonds. The van der Waals surface area contributed by atoms with Gasteiger partial charge in [0.2, 0.25) is 5.91 Å². The Kier molecular flexibility index (Phi) is 11.6. The van der Waals surface area contributed by atoms with Crippen LogP contribution in [0.25, 0.3) is 0 Å². The van der Waals surface area contributed by atoms with Crippen molar-refractivity contribution < 1.29 is 9.53 Å². The summed E-state index contributed by atoms with van der Waals surface area (Å²) in [6, 6.07) is 5.59. The molecule has 0 bridgehead atoms. The van der Waals surface area contributed by atoms with Crippen LogP contribution in [0, 0.1) is 6.92 Å². The van der Waals surface area contributed by atoms with Gasteiger partial charge in [0.15, 0.2) is 0 Å². The fourth-order valence-electron chi connectivity index (χ4n) is 1.14. The maximum atomic E-state index is 10.8. The molecule has 1 rings (SSSR count). The maximum Gasteiger partial charge on any atom is 0.221 e. The number of nitrogens with one attached hydrogen (secondary N) is 1. The summed E-state index contributed by atoms with van der Waals surface area (Å²) in [5, 5.41) is 2.70. The first kappa shape index (κ1) is 17.9. The molecule has 3 nitrogen and oxygen atoms in total. The predicted molar refractivity (Wildman–Crippen MR) is 74.7 cm³/mol. The number of rotatable bonds is 2. The number of methoxy groups -OCH3 is 1. The number of hydrogen-bond donors (Lipinski definition) is 1. The fraction of sp³-hybridized carbons (Fsp3) is 0.500. The molecule has 17 heavy (non-hydrogen) atoms. The molecule has 1 aromatic rings. The second-order valence-corrected chi connectivity index (χ2v) is 2.92. The number of carbonyl (C=O) groups excluding carboxylic acids is 1. The average Bonchev–Trinajstić information content (AvgIpc) is 2.32. The highest BCUT2D eigenvalue weighted by atomic mass is 16.5. The van der Waals surface area contributed by atoms with Gasteiger partial charge in [-0.2, -0.15) is 0 Å². The molecule has 0 aliphatic carbocycles. The summed E-state index contributed by atoms with van der Waals surface area (Å²) >= 11 is 0. The molecule has 0 aromatic heterocycles. The van der Waals surface area contributed by atoms with Gasteiger partial charge in [0.1, 0.15) is 5.75 Å². The van der Waals surface area contributed by atoms with Crippen molar-refractivity contribution >= 4 is 11.6 Å². The minimum absolute atomic E-state index is 0.0762. The number of anilines is 1. The predicted octanol–water partition coefficient (Wildman–Crippen LogP) is 4.01. The highest BCUT2D eigenvalue weighted by Crippen LogP contribution is 2.19. The molecule has 0 atom stereocenters. The largest absolute Gasteiger partial charge is 0.497 e. The Morgan fingerprint density at radius 2 is 1.65 bits per heavy atom. The van der Waals surface area contributed by atoms with Crippen LogP contribution in [0.15, 0.2) is 18.2 Å². The summed E-state index contributed by atoms with van der Waals surface area (Å²) in [6.07, 6.45) is 0. The van der Waals surface area contributed by atoms with Crippen molar-refractivity contribution in [2.45, 2.75) is 41.5 Å². The quantitative estimate of drug-likeness (QED) is 0.846. The van der Waals surface area contributed by atoms with E-state index in [1.54, 1.807) is 13.2 Å². The van der Waals surface area contributed by atoms with E-state index in [2.05, 4.69) is 5.32 Å². The van der Waals surface area contributed by atoms with E-state index < -0.39 is 0 Å². The lowest BCUT2D eigenvalue weighted by atomic mass is 10.2. The fourth-order valence-corrected chi connectivity index (χ4v) is 1.14. The summed E-state index contributed by atoms with van der Waals surface area (Å²) in [5.74, 6) is 0.677. The zero-order valence-electron chi connectivity index (χ0n) is 12.0. The van der Waals surface area contributed by atoms with Crippen molar-refractivity contribution in [1.29, 1.82) is 0 Å². The van der Waals surface area contributed by atoms with Crippen molar-refractivity contribution in [1.82, 2.24) is 0 Å². The van der Waals surface area contributed by atoms with E-state index >= 15 is 0 Å². The number of hydrogen-bond acceptors (Lipinski definition) is 2. The highest BCUT2D eigenvalue weighted by molar-refractivity contribution is 5.88. The summed E-state index contributed by atoms with van der Waals surface area (Å²) in [5.41, 5.74) is 1.83. The summed E-state index contributed by atoms with van der Waals surface area (Å²) in [6.45, 7) is 11.4. The minimum atomic E-state index is -0.0762. The van der Waals surface area contributed by atoms with E-state index in [0.717, 1.165) is 17.0 Å². The molecule has 1 N–H and O–H groups in total. The van der Waals surface area contributed by atoms with Crippen LogP contribution in [0.4, 0.5) is 5.69 Å². The normalized spacial score (nSPS) is 7.94. The Bertz CT molecular complexity index is 322. The molecule has 0 fully saturated rings. The molecule has 98 valence electrons. The van der Waals surface area contributed by atoms with E-state index in [1.165, 1.54) is 6.92 Å². The smallest absolute Gasteiger partial charge is 0.221 e. The Morgan fingerprint density at radius 3 is 2.06 bits per heavy atom. The first-order chi connectivity index (χ1) is 8.11. The Morgan fingerprint density at radius 1 is 1.12 bits per heavy atom. The van der Waals surface area contributed by atoms with Crippen molar-refractivity contribution in [3.63, 3.8) is 0 Å². The standard InChI is InChI=1S/C10H13NO2.2C2H6/c1-7-4-9(11-8(2)12)6-10(5-7)13-3;2*1-2/h4-6H,1-3H3,(H,11,12);2*1-2H3. The van der Waals surface area contributed by atoms with Crippen LogP contribution in [-0.2, 0) is 4.79 Å². The van der Waals surface area contributed by atoms with Crippen LogP contribution in [-0.4, -0.2) is 13.0 Å². The molecule has 0 saturated heterocycles. The Hall–Kier alpha value is -1.51. The number of ether oxygens (including phenoxy) is 1. The Balaban J connectivity index is 0. The van der Waals surface area contributed by atoms with Gasteiger partial charge < -0.3 is 10.1 Å². The van der Waals surface area contributed by atoms with E-state index in [4.69, 9.17) is 4.74 Å². The molecule has 0 saturated carbocycles. The van der Waals surface area contributed by atoms with E-state index in [-0.39, 0.29) is 5.91 Å². The summed E-state index contributed by atoms with van der Waals surface area (Å²) in [4.78, 5) is 10.8. The van der Waals surface area contributed by atoms with Gasteiger partial charge in [-0.1, -0.05) is 27.7 Å². The number of amides is 1. The molecule has 0 aliphatic rings. The van der Waals surface area contributed by atoms with Gasteiger partial charge in [-0.05, 0) is 24.6 Å². The van der Waals surface area contributed by atoms with Gasteiger partial charge in [-0.3, -0.25) is 4.79 Å². The van der Waals surface area contributed by atoms with Crippen molar-refractivity contribution in [2.24, 2.45) is 0 Å². The molecule has 0 aliphatic heterocycles. The molecular weight excluding hydrogens is 214 g/mol. The lowest BCUT2D eigenvalue weighted by Gasteiger charge is -2.06. The van der Waals surface area contributed by atoms with E-state index in [0.29, 0.717) is 0 Å². The van der Waals surface area contributed by atoms with Crippen molar-refractivity contribution in [3.05, 3.63) is 23.8 Å². The van der Waals surface area contributed by atoms with Crippen LogP contribution in [0.1, 0.15) is 40.2 Å². The van der Waals surface area contributed by atoms with E-state index in [9.17, 15) is 4.79 Å². The SMILES string of the molecule is CC.CC.COc1cc(C)cc(NC(C)=O)c1. The summed E-state index contributed by atoms with van der Waals surface area (Å²) < 4.78 is 5.07. The number of aryl methyl sites for hydroxylation is 1. The third-order valence-electron chi connectivity index (χ3n) is 1.61. The van der Waals surface area contributed by atoms with Crippen LogP contribution < -0.4 is 10.1 Å². The van der Waals surface area contributed by atoms with Gasteiger partial charge in [0.05, 0.1) is 7.11 Å². The highest BCUT2D eigenvalue weighted by Gasteiger charge is 1.99. The second kappa shape index (κ2) is 11.0. The van der Waals surface area contributed by atoms with Gasteiger partial charge in [-0.25, -0.2) is 0 Å². The molecular formula is C14H25NO2. The molecule has 0 radical (unpaired) electrons. The zero-order chi connectivity index (χ0) is 13.8. The third kappa shape index (κ3) is 8.31. The molecule has 0 spiro atoms. The minimum Gasteiger partial charge on any atom is -0.497 e.